The van der Waals surface area contributed by atoms with Gasteiger partial charge in [0.15, 0.2) is 0 Å². The highest BCUT2D eigenvalue weighted by molar-refractivity contribution is 7.08. The molecule has 0 unspecified atom stereocenters. The molecule has 1 aliphatic heterocycles. The van der Waals surface area contributed by atoms with Crippen molar-refractivity contribution < 1.29 is 4.79 Å². The zero-order chi connectivity index (χ0) is 13.2. The molecule has 2 heterocycles. The zero-order valence-electron chi connectivity index (χ0n) is 10.9. The maximum absolute atomic E-state index is 12.6. The Morgan fingerprint density at radius 3 is 2.68 bits per heavy atom. The van der Waals surface area contributed by atoms with Crippen LogP contribution in [-0.4, -0.2) is 26.0 Å². The van der Waals surface area contributed by atoms with Crippen molar-refractivity contribution in [2.75, 3.05) is 29.9 Å². The van der Waals surface area contributed by atoms with Crippen LogP contribution in [0, 0.1) is 0 Å². The third-order valence-corrected chi connectivity index (χ3v) is 4.16. The lowest BCUT2D eigenvalue weighted by Gasteiger charge is -2.23. The number of para-hydroxylation sites is 2. The highest BCUT2D eigenvalue weighted by Gasteiger charge is 2.23. The molecular formula is C15H16N2OS. The van der Waals surface area contributed by atoms with E-state index in [1.54, 1.807) is 11.3 Å². The molecule has 2 aromatic rings. The Bertz CT molecular complexity index is 580. The van der Waals surface area contributed by atoms with Gasteiger partial charge < -0.3 is 9.80 Å². The Labute approximate surface area is 117 Å². The first-order chi connectivity index (χ1) is 9.27. The third kappa shape index (κ3) is 2.24. The van der Waals surface area contributed by atoms with E-state index in [-0.39, 0.29) is 5.91 Å². The smallest absolute Gasteiger partial charge is 0.259 e. The standard InChI is InChI=1S/C15H16N2OS/c1-16-8-4-9-17(14-6-3-2-5-13(14)16)15(18)12-7-10-19-11-12/h2-3,5-7,10-11H,4,8-9H2,1H3. The molecule has 0 fully saturated rings. The quantitative estimate of drug-likeness (QED) is 0.795. The molecule has 19 heavy (non-hydrogen) atoms. The van der Waals surface area contributed by atoms with Gasteiger partial charge in [-0.05, 0) is 30.0 Å². The monoisotopic (exact) mass is 272 g/mol. The van der Waals surface area contributed by atoms with Crippen LogP contribution in [0.25, 0.3) is 0 Å². The van der Waals surface area contributed by atoms with Crippen LogP contribution in [0.15, 0.2) is 41.1 Å². The van der Waals surface area contributed by atoms with E-state index in [1.807, 2.05) is 39.9 Å². The van der Waals surface area contributed by atoms with E-state index >= 15 is 0 Å². The number of carbonyl (C=O) groups excluding carboxylic acids is 1. The molecule has 98 valence electrons. The average Bonchev–Trinajstić information content (AvgIpc) is 2.91. The molecule has 0 N–H and O–H groups in total. The minimum absolute atomic E-state index is 0.101. The van der Waals surface area contributed by atoms with E-state index in [4.69, 9.17) is 0 Å². The van der Waals surface area contributed by atoms with Crippen LogP contribution >= 0.6 is 11.3 Å². The number of amides is 1. The van der Waals surface area contributed by atoms with Gasteiger partial charge in [-0.15, -0.1) is 0 Å². The summed E-state index contributed by atoms with van der Waals surface area (Å²) in [5, 5.41) is 3.86. The number of anilines is 2. The molecule has 4 heteroatoms. The van der Waals surface area contributed by atoms with Gasteiger partial charge in [-0.25, -0.2) is 0 Å². The maximum Gasteiger partial charge on any atom is 0.259 e. The van der Waals surface area contributed by atoms with Crippen LogP contribution in [0.1, 0.15) is 16.8 Å². The second-order valence-corrected chi connectivity index (χ2v) is 5.51. The highest BCUT2D eigenvalue weighted by atomic mass is 32.1. The summed E-state index contributed by atoms with van der Waals surface area (Å²) in [5.74, 6) is 0.101. The van der Waals surface area contributed by atoms with Gasteiger partial charge in [0.05, 0.1) is 16.9 Å². The van der Waals surface area contributed by atoms with E-state index < -0.39 is 0 Å². The molecule has 0 bridgehead atoms. The van der Waals surface area contributed by atoms with Crippen molar-refractivity contribution in [3.8, 4) is 0 Å². The summed E-state index contributed by atoms with van der Waals surface area (Å²) in [6.07, 6.45) is 0.987. The minimum atomic E-state index is 0.101. The Kier molecular flexibility index (Phi) is 3.25. The second kappa shape index (κ2) is 5.05. The van der Waals surface area contributed by atoms with Gasteiger partial charge in [0, 0.05) is 25.5 Å². The van der Waals surface area contributed by atoms with Crippen LogP contribution in [-0.2, 0) is 0 Å². The SMILES string of the molecule is CN1CCCN(C(=O)c2ccsc2)c2ccccc21. The third-order valence-electron chi connectivity index (χ3n) is 3.47. The van der Waals surface area contributed by atoms with Gasteiger partial charge >= 0.3 is 0 Å². The van der Waals surface area contributed by atoms with Crippen molar-refractivity contribution in [1.82, 2.24) is 0 Å². The fourth-order valence-corrected chi connectivity index (χ4v) is 3.10. The Balaban J connectivity index is 2.02. The summed E-state index contributed by atoms with van der Waals surface area (Å²) in [7, 11) is 2.08. The van der Waals surface area contributed by atoms with Crippen molar-refractivity contribution in [2.24, 2.45) is 0 Å². The normalized spacial score (nSPS) is 15.0. The topological polar surface area (TPSA) is 23.6 Å². The fraction of sp³-hybridized carbons (Fsp3) is 0.267. The Hall–Kier alpha value is -1.81. The molecular weight excluding hydrogens is 256 g/mol. The number of thiophene rings is 1. The number of benzene rings is 1. The lowest BCUT2D eigenvalue weighted by molar-refractivity contribution is 0.0987. The van der Waals surface area contributed by atoms with E-state index in [0.29, 0.717) is 0 Å². The Morgan fingerprint density at radius 2 is 1.95 bits per heavy atom. The minimum Gasteiger partial charge on any atom is -0.373 e. The number of rotatable bonds is 1. The van der Waals surface area contributed by atoms with Gasteiger partial charge in [-0.2, -0.15) is 11.3 Å². The van der Waals surface area contributed by atoms with Crippen molar-refractivity contribution in [1.29, 1.82) is 0 Å². The summed E-state index contributed by atoms with van der Waals surface area (Å²) in [6.45, 7) is 1.75. The van der Waals surface area contributed by atoms with Gasteiger partial charge in [0.2, 0.25) is 0 Å². The lowest BCUT2D eigenvalue weighted by atomic mass is 10.2. The second-order valence-electron chi connectivity index (χ2n) is 4.73. The van der Waals surface area contributed by atoms with Gasteiger partial charge in [-0.1, -0.05) is 12.1 Å². The van der Waals surface area contributed by atoms with Crippen LogP contribution in [0.3, 0.4) is 0 Å². The molecule has 1 aromatic heterocycles. The molecule has 1 aliphatic rings. The molecule has 0 radical (unpaired) electrons. The lowest BCUT2D eigenvalue weighted by Crippen LogP contribution is -2.31. The number of hydrogen-bond acceptors (Lipinski definition) is 3. The molecule has 0 spiro atoms. The first kappa shape index (κ1) is 12.2. The number of fused-ring (bicyclic) bond motifs is 1. The molecule has 0 saturated carbocycles. The Morgan fingerprint density at radius 1 is 1.16 bits per heavy atom. The summed E-state index contributed by atoms with van der Waals surface area (Å²) < 4.78 is 0. The number of nitrogens with zero attached hydrogens (tertiary/aromatic N) is 2. The van der Waals surface area contributed by atoms with Crippen molar-refractivity contribution in [3.63, 3.8) is 0 Å². The van der Waals surface area contributed by atoms with E-state index in [0.717, 1.165) is 36.4 Å². The summed E-state index contributed by atoms with van der Waals surface area (Å²) in [4.78, 5) is 16.7. The maximum atomic E-state index is 12.6. The zero-order valence-corrected chi connectivity index (χ0v) is 11.7. The van der Waals surface area contributed by atoms with Crippen LogP contribution in [0.5, 0.6) is 0 Å². The van der Waals surface area contributed by atoms with Crippen molar-refractivity contribution in [3.05, 3.63) is 46.7 Å². The predicted molar refractivity (Wildman–Crippen MR) is 80.3 cm³/mol. The first-order valence-corrected chi connectivity index (χ1v) is 7.36. The van der Waals surface area contributed by atoms with E-state index in [9.17, 15) is 4.79 Å². The van der Waals surface area contributed by atoms with Gasteiger partial charge in [0.1, 0.15) is 0 Å². The predicted octanol–water partition coefficient (Wildman–Crippen LogP) is 3.23. The van der Waals surface area contributed by atoms with Crippen LogP contribution in [0.2, 0.25) is 0 Å². The van der Waals surface area contributed by atoms with Crippen LogP contribution < -0.4 is 9.80 Å². The summed E-state index contributed by atoms with van der Waals surface area (Å²) in [5.41, 5.74) is 2.92. The number of carbonyl (C=O) groups is 1. The van der Waals surface area contributed by atoms with Crippen molar-refractivity contribution in [2.45, 2.75) is 6.42 Å². The molecule has 3 rings (SSSR count). The van der Waals surface area contributed by atoms with Gasteiger partial charge in [0.25, 0.3) is 5.91 Å². The molecule has 0 saturated heterocycles. The number of hydrogen-bond donors (Lipinski definition) is 0. The van der Waals surface area contributed by atoms with E-state index in [2.05, 4.69) is 18.0 Å². The largest absolute Gasteiger partial charge is 0.373 e. The van der Waals surface area contributed by atoms with Crippen molar-refractivity contribution >= 4 is 28.6 Å². The summed E-state index contributed by atoms with van der Waals surface area (Å²) in [6, 6.07) is 10.0. The summed E-state index contributed by atoms with van der Waals surface area (Å²) >= 11 is 1.56. The average molecular weight is 272 g/mol. The molecule has 3 nitrogen and oxygen atoms in total. The molecule has 0 aliphatic carbocycles. The van der Waals surface area contributed by atoms with Gasteiger partial charge in [-0.3, -0.25) is 4.79 Å². The fourth-order valence-electron chi connectivity index (χ4n) is 2.48. The molecule has 0 atom stereocenters. The highest BCUT2D eigenvalue weighted by Crippen LogP contribution is 2.32. The molecule has 1 aromatic carbocycles. The first-order valence-electron chi connectivity index (χ1n) is 6.41. The van der Waals surface area contributed by atoms with Crippen LogP contribution in [0.4, 0.5) is 11.4 Å². The molecule has 1 amide bonds. The van der Waals surface area contributed by atoms with E-state index in [1.165, 1.54) is 0 Å².